The second kappa shape index (κ2) is 6.60. The van der Waals surface area contributed by atoms with Gasteiger partial charge in [-0.15, -0.1) is 5.10 Å². The van der Waals surface area contributed by atoms with Gasteiger partial charge in [0.05, 0.1) is 19.3 Å². The van der Waals surface area contributed by atoms with Gasteiger partial charge in [-0.25, -0.2) is 4.39 Å². The standard InChI is InChI=1S/C12H14FN5O/c13-10-2-1-3-11(8-10)16-12(19)9-14-4-6-18-7-5-15-17-18/h1-3,5,7-8,14H,4,6,9H2,(H,16,19). The Morgan fingerprint density at radius 1 is 1.42 bits per heavy atom. The molecule has 0 unspecified atom stereocenters. The van der Waals surface area contributed by atoms with Gasteiger partial charge in [-0.1, -0.05) is 11.3 Å². The van der Waals surface area contributed by atoms with Crippen LogP contribution in [0.3, 0.4) is 0 Å². The number of amides is 1. The highest BCUT2D eigenvalue weighted by molar-refractivity contribution is 5.92. The molecule has 0 spiro atoms. The Hall–Kier alpha value is -2.28. The van der Waals surface area contributed by atoms with E-state index in [1.165, 1.54) is 12.1 Å². The lowest BCUT2D eigenvalue weighted by molar-refractivity contribution is -0.115. The van der Waals surface area contributed by atoms with Crippen molar-refractivity contribution in [3.63, 3.8) is 0 Å². The smallest absolute Gasteiger partial charge is 0.238 e. The van der Waals surface area contributed by atoms with Crippen LogP contribution in [-0.2, 0) is 11.3 Å². The predicted octanol–water partition coefficient (Wildman–Crippen LogP) is 0.645. The fourth-order valence-electron chi connectivity index (χ4n) is 1.52. The Labute approximate surface area is 109 Å². The molecule has 2 rings (SSSR count). The molecule has 0 atom stereocenters. The number of benzene rings is 1. The van der Waals surface area contributed by atoms with E-state index in [4.69, 9.17) is 0 Å². The summed E-state index contributed by atoms with van der Waals surface area (Å²) in [5.74, 6) is -0.596. The van der Waals surface area contributed by atoms with Crippen molar-refractivity contribution < 1.29 is 9.18 Å². The van der Waals surface area contributed by atoms with Gasteiger partial charge in [0.15, 0.2) is 0 Å². The largest absolute Gasteiger partial charge is 0.325 e. The van der Waals surface area contributed by atoms with Crippen molar-refractivity contribution in [1.82, 2.24) is 20.3 Å². The van der Waals surface area contributed by atoms with Crippen molar-refractivity contribution in [2.75, 3.05) is 18.4 Å². The first-order valence-corrected chi connectivity index (χ1v) is 5.84. The molecule has 100 valence electrons. The van der Waals surface area contributed by atoms with Crippen LogP contribution in [0.25, 0.3) is 0 Å². The minimum absolute atomic E-state index is 0.158. The molecule has 1 heterocycles. The Balaban J connectivity index is 1.67. The van der Waals surface area contributed by atoms with Crippen LogP contribution < -0.4 is 10.6 Å². The van der Waals surface area contributed by atoms with Gasteiger partial charge in [0.25, 0.3) is 0 Å². The van der Waals surface area contributed by atoms with Crippen molar-refractivity contribution in [3.05, 3.63) is 42.5 Å². The summed E-state index contributed by atoms with van der Waals surface area (Å²) in [4.78, 5) is 11.6. The van der Waals surface area contributed by atoms with Crippen LogP contribution in [-0.4, -0.2) is 34.0 Å². The van der Waals surface area contributed by atoms with E-state index in [-0.39, 0.29) is 18.3 Å². The van der Waals surface area contributed by atoms with Gasteiger partial charge >= 0.3 is 0 Å². The average Bonchev–Trinajstić information content (AvgIpc) is 2.88. The third kappa shape index (κ3) is 4.47. The molecule has 0 aliphatic carbocycles. The molecule has 1 aromatic heterocycles. The molecule has 19 heavy (non-hydrogen) atoms. The fourth-order valence-corrected chi connectivity index (χ4v) is 1.52. The highest BCUT2D eigenvalue weighted by atomic mass is 19.1. The molecule has 0 fully saturated rings. The van der Waals surface area contributed by atoms with Crippen molar-refractivity contribution in [2.45, 2.75) is 6.54 Å². The second-order valence-corrected chi connectivity index (χ2v) is 3.90. The molecule has 2 aromatic rings. The third-order valence-electron chi connectivity index (χ3n) is 2.38. The molecule has 0 bridgehead atoms. The maximum absolute atomic E-state index is 12.9. The zero-order valence-electron chi connectivity index (χ0n) is 10.2. The summed E-state index contributed by atoms with van der Waals surface area (Å²) in [6, 6.07) is 5.78. The molecule has 0 aliphatic heterocycles. The van der Waals surface area contributed by atoms with E-state index in [1.54, 1.807) is 29.2 Å². The van der Waals surface area contributed by atoms with Crippen molar-refractivity contribution in [3.8, 4) is 0 Å². The molecule has 0 saturated carbocycles. The SMILES string of the molecule is O=C(CNCCn1ccnn1)Nc1cccc(F)c1. The highest BCUT2D eigenvalue weighted by Crippen LogP contribution is 2.08. The first-order chi connectivity index (χ1) is 9.24. The quantitative estimate of drug-likeness (QED) is 0.750. The van der Waals surface area contributed by atoms with E-state index in [2.05, 4.69) is 20.9 Å². The van der Waals surface area contributed by atoms with Crippen LogP contribution in [0.2, 0.25) is 0 Å². The molecule has 7 heteroatoms. The number of anilines is 1. The van der Waals surface area contributed by atoms with E-state index < -0.39 is 0 Å². The van der Waals surface area contributed by atoms with Gasteiger partial charge in [-0.2, -0.15) is 0 Å². The molecule has 6 nitrogen and oxygen atoms in total. The first-order valence-electron chi connectivity index (χ1n) is 5.84. The molecular formula is C12H14FN5O. The van der Waals surface area contributed by atoms with Crippen LogP contribution in [0.5, 0.6) is 0 Å². The van der Waals surface area contributed by atoms with Crippen molar-refractivity contribution >= 4 is 11.6 Å². The predicted molar refractivity (Wildman–Crippen MR) is 67.9 cm³/mol. The van der Waals surface area contributed by atoms with E-state index >= 15 is 0 Å². The normalized spacial score (nSPS) is 10.4. The molecule has 1 aromatic carbocycles. The van der Waals surface area contributed by atoms with Crippen molar-refractivity contribution in [1.29, 1.82) is 0 Å². The molecule has 1 amide bonds. The Bertz CT molecular complexity index is 529. The summed E-state index contributed by atoms with van der Waals surface area (Å²) < 4.78 is 14.6. The summed E-state index contributed by atoms with van der Waals surface area (Å²) in [7, 11) is 0. The first kappa shape index (κ1) is 13.2. The lowest BCUT2D eigenvalue weighted by Crippen LogP contribution is -2.30. The lowest BCUT2D eigenvalue weighted by atomic mass is 10.3. The van der Waals surface area contributed by atoms with Gasteiger partial charge in [0.1, 0.15) is 5.82 Å². The van der Waals surface area contributed by atoms with Gasteiger partial charge in [0, 0.05) is 18.4 Å². The summed E-state index contributed by atoms with van der Waals surface area (Å²) >= 11 is 0. The van der Waals surface area contributed by atoms with E-state index in [9.17, 15) is 9.18 Å². The second-order valence-electron chi connectivity index (χ2n) is 3.90. The highest BCUT2D eigenvalue weighted by Gasteiger charge is 2.02. The van der Waals surface area contributed by atoms with Gasteiger partial charge < -0.3 is 10.6 Å². The summed E-state index contributed by atoms with van der Waals surface area (Å²) in [5.41, 5.74) is 0.447. The lowest BCUT2D eigenvalue weighted by Gasteiger charge is -2.06. The molecular weight excluding hydrogens is 249 g/mol. The van der Waals surface area contributed by atoms with Crippen LogP contribution >= 0.6 is 0 Å². The number of carbonyl (C=O) groups excluding carboxylic acids is 1. The van der Waals surface area contributed by atoms with Crippen LogP contribution in [0.15, 0.2) is 36.7 Å². The van der Waals surface area contributed by atoms with Gasteiger partial charge in [-0.3, -0.25) is 9.48 Å². The monoisotopic (exact) mass is 263 g/mol. The topological polar surface area (TPSA) is 71.8 Å². The van der Waals surface area contributed by atoms with Gasteiger partial charge in [0.2, 0.25) is 5.91 Å². The molecule has 0 aliphatic rings. The average molecular weight is 263 g/mol. The number of hydrogen-bond acceptors (Lipinski definition) is 4. The summed E-state index contributed by atoms with van der Waals surface area (Å²) in [6.45, 7) is 1.39. The van der Waals surface area contributed by atoms with E-state index in [1.807, 2.05) is 0 Å². The molecule has 2 N–H and O–H groups in total. The number of nitrogens with zero attached hydrogens (tertiary/aromatic N) is 3. The van der Waals surface area contributed by atoms with Crippen molar-refractivity contribution in [2.24, 2.45) is 0 Å². The number of halogens is 1. The molecule has 0 radical (unpaired) electrons. The Morgan fingerprint density at radius 3 is 3.05 bits per heavy atom. The third-order valence-corrected chi connectivity index (χ3v) is 2.38. The summed E-state index contributed by atoms with van der Waals surface area (Å²) in [6.07, 6.45) is 3.34. The number of carbonyl (C=O) groups is 1. The van der Waals surface area contributed by atoms with Crippen LogP contribution in [0.1, 0.15) is 0 Å². The maximum atomic E-state index is 12.9. The zero-order chi connectivity index (χ0) is 13.5. The fraction of sp³-hybridized carbons (Fsp3) is 0.250. The number of rotatable bonds is 6. The number of nitrogens with one attached hydrogen (secondary N) is 2. The van der Waals surface area contributed by atoms with Crippen LogP contribution in [0, 0.1) is 5.82 Å². The zero-order valence-corrected chi connectivity index (χ0v) is 10.2. The van der Waals surface area contributed by atoms with Crippen LogP contribution in [0.4, 0.5) is 10.1 Å². The Morgan fingerprint density at radius 2 is 2.32 bits per heavy atom. The minimum atomic E-state index is -0.378. The number of hydrogen-bond donors (Lipinski definition) is 2. The van der Waals surface area contributed by atoms with E-state index in [0.717, 1.165) is 0 Å². The minimum Gasteiger partial charge on any atom is -0.325 e. The summed E-state index contributed by atoms with van der Waals surface area (Å²) in [5, 5.41) is 13.0. The Kier molecular flexibility index (Phi) is 4.57. The maximum Gasteiger partial charge on any atom is 0.238 e. The van der Waals surface area contributed by atoms with E-state index in [0.29, 0.717) is 18.8 Å². The molecule has 0 saturated heterocycles. The van der Waals surface area contributed by atoms with Gasteiger partial charge in [-0.05, 0) is 18.2 Å². The number of aromatic nitrogens is 3.